The average molecular weight is 360 g/mol. The van der Waals surface area contributed by atoms with Crippen LogP contribution in [-0.2, 0) is 6.18 Å². The monoisotopic (exact) mass is 360 g/mol. The number of halogens is 3. The Labute approximate surface area is 144 Å². The van der Waals surface area contributed by atoms with Gasteiger partial charge in [0, 0.05) is 11.1 Å². The first-order valence-corrected chi connectivity index (χ1v) is 7.87. The van der Waals surface area contributed by atoms with Crippen LogP contribution in [0.4, 0.5) is 18.0 Å². The number of nitrogens with one attached hydrogen (secondary N) is 2. The van der Waals surface area contributed by atoms with Crippen molar-refractivity contribution in [1.29, 1.82) is 0 Å². The van der Waals surface area contributed by atoms with Crippen molar-refractivity contribution >= 4 is 6.03 Å². The zero-order chi connectivity index (χ0) is 19.2. The summed E-state index contributed by atoms with van der Waals surface area (Å²) in [7, 11) is 0. The molecule has 1 aromatic rings. The Balaban J connectivity index is 2.33. The maximum Gasteiger partial charge on any atom is 0.416 e. The van der Waals surface area contributed by atoms with Gasteiger partial charge < -0.3 is 20.5 Å². The highest BCUT2D eigenvalue weighted by molar-refractivity contribution is 5.75. The fraction of sp³-hybridized carbons (Fsp3) is 0.588. The molecule has 1 aliphatic heterocycles. The number of carbonyl (C=O) groups is 1. The minimum absolute atomic E-state index is 0.00444. The number of aliphatic hydroxyl groups is 1. The molecule has 2 rings (SSSR count). The van der Waals surface area contributed by atoms with Crippen LogP contribution < -0.4 is 15.4 Å². The first kappa shape index (κ1) is 19.4. The lowest BCUT2D eigenvalue weighted by Crippen LogP contribution is -2.61. The molecule has 0 saturated heterocycles. The molecule has 2 unspecified atom stereocenters. The number of amides is 2. The van der Waals surface area contributed by atoms with E-state index in [9.17, 15) is 23.1 Å². The highest BCUT2D eigenvalue weighted by atomic mass is 19.4. The molecule has 25 heavy (non-hydrogen) atoms. The van der Waals surface area contributed by atoms with Crippen LogP contribution in [0.3, 0.4) is 0 Å². The summed E-state index contributed by atoms with van der Waals surface area (Å²) in [6, 6.07) is 1.48. The first-order valence-electron chi connectivity index (χ1n) is 7.87. The molecule has 0 spiro atoms. The number of benzene rings is 1. The van der Waals surface area contributed by atoms with E-state index >= 15 is 0 Å². The van der Waals surface area contributed by atoms with E-state index in [0.29, 0.717) is 0 Å². The summed E-state index contributed by atoms with van der Waals surface area (Å²) in [6.45, 7) is 8.67. The van der Waals surface area contributed by atoms with Gasteiger partial charge in [0.05, 0.1) is 11.6 Å². The van der Waals surface area contributed by atoms with Crippen molar-refractivity contribution in [3.63, 3.8) is 0 Å². The van der Waals surface area contributed by atoms with Crippen LogP contribution >= 0.6 is 0 Å². The number of carbonyl (C=O) groups excluding carboxylic acids is 1. The predicted molar refractivity (Wildman–Crippen MR) is 86.3 cm³/mol. The smallest absolute Gasteiger partial charge is 0.416 e. The zero-order valence-corrected chi connectivity index (χ0v) is 14.8. The van der Waals surface area contributed by atoms with Crippen molar-refractivity contribution < 1.29 is 27.8 Å². The molecule has 0 fully saturated rings. The quantitative estimate of drug-likeness (QED) is 0.719. The molecule has 140 valence electrons. The SMILES string of the molecule is CC(C)(C)NC(=O)NC1C(O)c2cc(C(F)(F)F)ccc2OC1(C)C. The van der Waals surface area contributed by atoms with Crippen molar-refractivity contribution in [1.82, 2.24) is 10.6 Å². The molecular formula is C17H23F3N2O3. The van der Waals surface area contributed by atoms with Gasteiger partial charge in [0.1, 0.15) is 17.5 Å². The molecule has 0 bridgehead atoms. The van der Waals surface area contributed by atoms with Crippen molar-refractivity contribution in [2.45, 2.75) is 64.1 Å². The standard InChI is InChI=1S/C17H23F3N2O3/c1-15(2,3)22-14(24)21-13-12(23)10-8-9(17(18,19)20)6-7-11(10)25-16(13,4)5/h6-8,12-13,23H,1-5H3,(H2,21,22,24). The van der Waals surface area contributed by atoms with Gasteiger partial charge in [0.2, 0.25) is 0 Å². The van der Waals surface area contributed by atoms with Crippen LogP contribution in [-0.4, -0.2) is 28.3 Å². The Morgan fingerprint density at radius 1 is 1.24 bits per heavy atom. The first-order chi connectivity index (χ1) is 11.2. The minimum Gasteiger partial charge on any atom is -0.485 e. The molecule has 8 heteroatoms. The molecular weight excluding hydrogens is 337 g/mol. The molecule has 3 N–H and O–H groups in total. The number of ether oxygens (including phenoxy) is 1. The van der Waals surface area contributed by atoms with Crippen molar-refractivity contribution in [2.75, 3.05) is 0 Å². The summed E-state index contributed by atoms with van der Waals surface area (Å²) < 4.78 is 44.5. The maximum atomic E-state index is 12.9. The molecule has 2 atom stereocenters. The molecule has 1 heterocycles. The van der Waals surface area contributed by atoms with E-state index in [-0.39, 0.29) is 11.3 Å². The number of hydrogen-bond donors (Lipinski definition) is 3. The molecule has 5 nitrogen and oxygen atoms in total. The molecule has 0 radical (unpaired) electrons. The number of urea groups is 1. The van der Waals surface area contributed by atoms with Gasteiger partial charge in [-0.2, -0.15) is 13.2 Å². The second-order valence-corrected chi connectivity index (χ2v) is 7.73. The normalized spacial score (nSPS) is 22.6. The van der Waals surface area contributed by atoms with E-state index in [1.807, 2.05) is 0 Å². The Morgan fingerprint density at radius 3 is 2.36 bits per heavy atom. The van der Waals surface area contributed by atoms with Crippen LogP contribution in [0.25, 0.3) is 0 Å². The lowest BCUT2D eigenvalue weighted by Gasteiger charge is -2.43. The highest BCUT2D eigenvalue weighted by Gasteiger charge is 2.45. The maximum absolute atomic E-state index is 12.9. The van der Waals surface area contributed by atoms with Gasteiger partial charge in [-0.05, 0) is 52.8 Å². The van der Waals surface area contributed by atoms with Gasteiger partial charge in [0.25, 0.3) is 0 Å². The van der Waals surface area contributed by atoms with Gasteiger partial charge in [-0.15, -0.1) is 0 Å². The van der Waals surface area contributed by atoms with Crippen LogP contribution in [0.2, 0.25) is 0 Å². The summed E-state index contributed by atoms with van der Waals surface area (Å²) in [5.74, 6) is 0.166. The third kappa shape index (κ3) is 4.36. The predicted octanol–water partition coefficient (Wildman–Crippen LogP) is 3.38. The van der Waals surface area contributed by atoms with E-state index in [4.69, 9.17) is 4.74 Å². The molecule has 2 amide bonds. The summed E-state index contributed by atoms with van der Waals surface area (Å²) >= 11 is 0. The highest BCUT2D eigenvalue weighted by Crippen LogP contribution is 2.42. The van der Waals surface area contributed by atoms with E-state index < -0.39 is 41.1 Å². The fourth-order valence-corrected chi connectivity index (χ4v) is 2.73. The average Bonchev–Trinajstić information content (AvgIpc) is 2.39. The third-order valence-electron chi connectivity index (χ3n) is 3.87. The van der Waals surface area contributed by atoms with Gasteiger partial charge >= 0.3 is 12.2 Å². The largest absolute Gasteiger partial charge is 0.485 e. The van der Waals surface area contributed by atoms with E-state index in [0.717, 1.165) is 12.1 Å². The van der Waals surface area contributed by atoms with Gasteiger partial charge in [-0.3, -0.25) is 0 Å². The summed E-state index contributed by atoms with van der Waals surface area (Å²) in [5, 5.41) is 15.9. The van der Waals surface area contributed by atoms with E-state index in [1.54, 1.807) is 34.6 Å². The lowest BCUT2D eigenvalue weighted by molar-refractivity contribution is -0.137. The number of alkyl halides is 3. The fourth-order valence-electron chi connectivity index (χ4n) is 2.73. The molecule has 0 aliphatic carbocycles. The summed E-state index contributed by atoms with van der Waals surface area (Å²) in [5.41, 5.74) is -2.40. The zero-order valence-electron chi connectivity index (χ0n) is 14.8. The summed E-state index contributed by atoms with van der Waals surface area (Å²) in [4.78, 5) is 12.1. The van der Waals surface area contributed by atoms with E-state index in [1.165, 1.54) is 6.07 Å². The number of rotatable bonds is 1. The van der Waals surface area contributed by atoms with Gasteiger partial charge in [-0.25, -0.2) is 4.79 Å². The van der Waals surface area contributed by atoms with Crippen molar-refractivity contribution in [2.24, 2.45) is 0 Å². The second-order valence-electron chi connectivity index (χ2n) is 7.73. The number of aliphatic hydroxyl groups excluding tert-OH is 1. The minimum atomic E-state index is -4.53. The Morgan fingerprint density at radius 2 is 1.84 bits per heavy atom. The van der Waals surface area contributed by atoms with Gasteiger partial charge in [-0.1, -0.05) is 0 Å². The van der Waals surface area contributed by atoms with Crippen molar-refractivity contribution in [3.8, 4) is 5.75 Å². The molecule has 1 aliphatic rings. The Hall–Kier alpha value is -1.96. The Kier molecular flexibility index (Phi) is 4.71. The second kappa shape index (κ2) is 6.09. The van der Waals surface area contributed by atoms with Crippen LogP contribution in [0.15, 0.2) is 18.2 Å². The molecule has 0 aromatic heterocycles. The molecule has 0 saturated carbocycles. The van der Waals surface area contributed by atoms with Crippen LogP contribution in [0, 0.1) is 0 Å². The third-order valence-corrected chi connectivity index (χ3v) is 3.87. The Bertz CT molecular complexity index is 666. The summed E-state index contributed by atoms with van der Waals surface area (Å²) in [6.07, 6.45) is -5.87. The topological polar surface area (TPSA) is 70.6 Å². The van der Waals surface area contributed by atoms with Gasteiger partial charge in [0.15, 0.2) is 0 Å². The van der Waals surface area contributed by atoms with Crippen LogP contribution in [0.5, 0.6) is 5.75 Å². The van der Waals surface area contributed by atoms with Crippen LogP contribution in [0.1, 0.15) is 51.8 Å². The number of fused-ring (bicyclic) bond motifs is 1. The van der Waals surface area contributed by atoms with E-state index in [2.05, 4.69) is 10.6 Å². The lowest BCUT2D eigenvalue weighted by atomic mass is 9.85. The van der Waals surface area contributed by atoms with Crippen molar-refractivity contribution in [3.05, 3.63) is 29.3 Å². The molecule has 1 aromatic carbocycles. The number of hydrogen-bond acceptors (Lipinski definition) is 3.